The van der Waals surface area contributed by atoms with Gasteiger partial charge in [-0.05, 0) is 30.2 Å². The van der Waals surface area contributed by atoms with E-state index in [1.165, 1.54) is 18.9 Å². The van der Waals surface area contributed by atoms with Crippen LogP contribution in [0.25, 0.3) is 0 Å². The molecule has 9 heteroatoms. The fourth-order valence-corrected chi connectivity index (χ4v) is 5.07. The maximum Gasteiger partial charge on any atom is 0.319 e. The Morgan fingerprint density at radius 3 is 2.44 bits per heavy atom. The Kier molecular flexibility index (Phi) is 8.08. The lowest BCUT2D eigenvalue weighted by molar-refractivity contribution is -0.150. The van der Waals surface area contributed by atoms with Crippen LogP contribution in [0, 0.1) is 17.2 Å². The molecule has 6 nitrogen and oxygen atoms in total. The van der Waals surface area contributed by atoms with Gasteiger partial charge in [-0.3, -0.25) is 9.59 Å². The maximum absolute atomic E-state index is 12.9. The number of carbonyl (C=O) groups excluding carboxylic acids is 2. The minimum atomic E-state index is -1.26. The molecule has 0 aliphatic carbocycles. The van der Waals surface area contributed by atoms with Crippen molar-refractivity contribution in [3.63, 3.8) is 0 Å². The summed E-state index contributed by atoms with van der Waals surface area (Å²) >= 11 is 14.0. The minimum absolute atomic E-state index is 0.222. The highest BCUT2D eigenvalue weighted by atomic mass is 35.5. The molecule has 1 aliphatic heterocycles. The predicted molar refractivity (Wildman–Crippen MR) is 124 cm³/mol. The van der Waals surface area contributed by atoms with E-state index in [4.69, 9.17) is 32.7 Å². The van der Waals surface area contributed by atoms with E-state index >= 15 is 0 Å². The molecule has 2 atom stereocenters. The molecule has 0 spiro atoms. The van der Waals surface area contributed by atoms with Crippen LogP contribution in [-0.4, -0.2) is 25.6 Å². The Balaban J connectivity index is 2.09. The molecule has 32 heavy (non-hydrogen) atoms. The molecule has 0 radical (unpaired) electrons. The number of allylic oxidation sites excluding steroid dienone is 1. The molecular weight excluding hydrogens is 471 g/mol. The van der Waals surface area contributed by atoms with E-state index < -0.39 is 23.7 Å². The van der Waals surface area contributed by atoms with Crippen LogP contribution in [0.3, 0.4) is 0 Å². The second-order valence-corrected chi connectivity index (χ2v) is 8.64. The number of ether oxygens (including phenoxy) is 2. The molecule has 2 aromatic carbocycles. The average Bonchev–Trinajstić information content (AvgIpc) is 2.79. The summed E-state index contributed by atoms with van der Waals surface area (Å²) < 4.78 is 10.3. The van der Waals surface area contributed by atoms with E-state index in [0.717, 1.165) is 5.56 Å². The van der Waals surface area contributed by atoms with Crippen LogP contribution in [0.15, 0.2) is 53.1 Å². The molecule has 1 heterocycles. The number of nitrogens with one attached hydrogen (secondary N) is 1. The Labute approximate surface area is 200 Å². The lowest BCUT2D eigenvalue weighted by Gasteiger charge is -2.31. The summed E-state index contributed by atoms with van der Waals surface area (Å²) in [7, 11) is 1.19. The van der Waals surface area contributed by atoms with Gasteiger partial charge in [-0.1, -0.05) is 53.5 Å². The van der Waals surface area contributed by atoms with E-state index in [-0.39, 0.29) is 15.6 Å². The van der Waals surface area contributed by atoms with Gasteiger partial charge in [-0.2, -0.15) is 5.26 Å². The summed E-state index contributed by atoms with van der Waals surface area (Å²) in [4.78, 5) is 25.5. The van der Waals surface area contributed by atoms with Crippen molar-refractivity contribution in [3.05, 3.63) is 74.2 Å². The van der Waals surface area contributed by atoms with Gasteiger partial charge in [0.1, 0.15) is 5.92 Å². The van der Waals surface area contributed by atoms with Crippen LogP contribution in [-0.2, 0) is 20.1 Å². The zero-order valence-corrected chi connectivity index (χ0v) is 19.7. The summed E-state index contributed by atoms with van der Waals surface area (Å²) in [6.45, 7) is 2.16. The van der Waals surface area contributed by atoms with Crippen molar-refractivity contribution < 1.29 is 19.1 Å². The number of halogens is 2. The first-order chi connectivity index (χ1) is 15.4. The zero-order valence-electron chi connectivity index (χ0n) is 17.4. The van der Waals surface area contributed by atoms with Crippen molar-refractivity contribution in [2.75, 3.05) is 13.7 Å². The number of amides is 1. The van der Waals surface area contributed by atoms with Crippen LogP contribution in [0.2, 0.25) is 10.0 Å². The number of nitriles is 1. The van der Waals surface area contributed by atoms with Gasteiger partial charge in [-0.15, -0.1) is 11.8 Å². The van der Waals surface area contributed by atoms with E-state index in [2.05, 4.69) is 11.4 Å². The quantitative estimate of drug-likeness (QED) is 0.430. The lowest BCUT2D eigenvalue weighted by atomic mass is 9.78. The topological polar surface area (TPSA) is 88.4 Å². The summed E-state index contributed by atoms with van der Waals surface area (Å²) in [6, 6.07) is 14.9. The average molecular weight is 491 g/mol. The predicted octanol–water partition coefficient (Wildman–Crippen LogP) is 5.06. The largest absolute Gasteiger partial charge is 0.491 e. The first-order valence-electron chi connectivity index (χ1n) is 9.72. The van der Waals surface area contributed by atoms with Crippen molar-refractivity contribution in [2.24, 2.45) is 5.92 Å². The van der Waals surface area contributed by atoms with Crippen LogP contribution < -0.4 is 10.1 Å². The molecule has 1 amide bonds. The fraction of sp³-hybridized carbons (Fsp3) is 0.261. The fourth-order valence-electron chi connectivity index (χ4n) is 3.45. The Morgan fingerprint density at radius 1 is 1.22 bits per heavy atom. The minimum Gasteiger partial charge on any atom is -0.491 e. The summed E-state index contributed by atoms with van der Waals surface area (Å²) in [5, 5.41) is 13.5. The highest BCUT2D eigenvalue weighted by Gasteiger charge is 2.44. The standard InChI is InChI=1S/C23H20Cl2N2O4S/c1-3-31-20-16(24)9-14(10-17(20)25)18-15(11-26)22(27-21(28)19(18)23(29)30-2)32-12-13-7-5-4-6-8-13/h4-10,18-19H,3,12H2,1-2H3,(H,27,28)/t18-,19-/m0/s1. The smallest absolute Gasteiger partial charge is 0.319 e. The molecule has 0 aromatic heterocycles. The third-order valence-corrected chi connectivity index (χ3v) is 6.53. The van der Waals surface area contributed by atoms with Gasteiger partial charge in [0, 0.05) is 11.7 Å². The number of thioether (sulfide) groups is 1. The summed E-state index contributed by atoms with van der Waals surface area (Å²) in [5.41, 5.74) is 1.70. The number of nitrogens with zero attached hydrogens (tertiary/aromatic N) is 1. The van der Waals surface area contributed by atoms with Crippen molar-refractivity contribution in [1.82, 2.24) is 5.32 Å². The first kappa shape index (κ1) is 24.0. The SMILES string of the molecule is CCOc1c(Cl)cc([C@H]2C(C#N)=C(SCc3ccccc3)NC(=O)[C@H]2C(=O)OC)cc1Cl. The molecule has 166 valence electrons. The molecule has 0 saturated carbocycles. The number of methoxy groups -OCH3 is 1. The Morgan fingerprint density at radius 2 is 1.88 bits per heavy atom. The maximum atomic E-state index is 12.9. The highest BCUT2D eigenvalue weighted by Crippen LogP contribution is 2.44. The zero-order chi connectivity index (χ0) is 23.3. The van der Waals surface area contributed by atoms with Gasteiger partial charge in [0.15, 0.2) is 5.75 Å². The van der Waals surface area contributed by atoms with Crippen molar-refractivity contribution in [1.29, 1.82) is 5.26 Å². The molecular formula is C23H20Cl2N2O4S. The van der Waals surface area contributed by atoms with Crippen LogP contribution >= 0.6 is 35.0 Å². The molecule has 0 bridgehead atoms. The van der Waals surface area contributed by atoms with Crippen LogP contribution in [0.5, 0.6) is 5.75 Å². The molecule has 2 aromatic rings. The third kappa shape index (κ3) is 5.04. The van der Waals surface area contributed by atoms with Gasteiger partial charge in [-0.25, -0.2) is 0 Å². The number of carbonyl (C=O) groups is 2. The van der Waals surface area contributed by atoms with Crippen LogP contribution in [0.1, 0.15) is 24.0 Å². The third-order valence-electron chi connectivity index (χ3n) is 4.88. The van der Waals surface area contributed by atoms with Gasteiger partial charge < -0.3 is 14.8 Å². The second kappa shape index (κ2) is 10.8. The molecule has 3 rings (SSSR count). The number of rotatable bonds is 7. The van der Waals surface area contributed by atoms with Crippen LogP contribution in [0.4, 0.5) is 0 Å². The van der Waals surface area contributed by atoms with Gasteiger partial charge in [0.05, 0.1) is 40.4 Å². The van der Waals surface area contributed by atoms with E-state index in [1.807, 2.05) is 30.3 Å². The number of hydrogen-bond donors (Lipinski definition) is 1. The molecule has 0 saturated heterocycles. The monoisotopic (exact) mass is 490 g/mol. The molecule has 0 unspecified atom stereocenters. The lowest BCUT2D eigenvalue weighted by Crippen LogP contribution is -2.44. The van der Waals surface area contributed by atoms with E-state index in [9.17, 15) is 14.9 Å². The van der Waals surface area contributed by atoms with Gasteiger partial charge in [0.25, 0.3) is 0 Å². The number of esters is 1. The normalized spacial score (nSPS) is 18.0. The first-order valence-corrected chi connectivity index (χ1v) is 11.5. The number of hydrogen-bond acceptors (Lipinski definition) is 6. The Bertz CT molecular complexity index is 1080. The highest BCUT2D eigenvalue weighted by molar-refractivity contribution is 8.02. The van der Waals surface area contributed by atoms with Gasteiger partial charge >= 0.3 is 5.97 Å². The van der Waals surface area contributed by atoms with E-state index in [0.29, 0.717) is 28.7 Å². The van der Waals surface area contributed by atoms with Crippen molar-refractivity contribution in [3.8, 4) is 11.8 Å². The van der Waals surface area contributed by atoms with Crippen molar-refractivity contribution in [2.45, 2.75) is 18.6 Å². The summed E-state index contributed by atoms with van der Waals surface area (Å²) in [6.07, 6.45) is 0. The van der Waals surface area contributed by atoms with Crippen molar-refractivity contribution >= 4 is 46.8 Å². The Hall–Kier alpha value is -2.66. The number of benzene rings is 2. The second-order valence-electron chi connectivity index (χ2n) is 6.84. The molecule has 1 N–H and O–H groups in total. The van der Waals surface area contributed by atoms with E-state index in [1.54, 1.807) is 19.1 Å². The summed E-state index contributed by atoms with van der Waals surface area (Å²) in [5.74, 6) is -2.66. The van der Waals surface area contributed by atoms with Gasteiger partial charge in [0.2, 0.25) is 5.91 Å². The molecule has 0 fully saturated rings. The molecule has 1 aliphatic rings.